The molecule has 0 aliphatic carbocycles. The molecule has 0 atom stereocenters. The van der Waals surface area contributed by atoms with Crippen molar-refractivity contribution < 1.29 is 9.53 Å². The summed E-state index contributed by atoms with van der Waals surface area (Å²) in [5.74, 6) is 0.648. The van der Waals surface area contributed by atoms with E-state index in [-0.39, 0.29) is 5.78 Å². The summed E-state index contributed by atoms with van der Waals surface area (Å²) in [6.07, 6.45) is 10.4. The molecule has 0 saturated heterocycles. The number of allylic oxidation sites excluding steroid dienone is 3. The SMILES string of the molecule is C/C=C\C=C/CCOc1ccc2[nH]c(C(=O)c3cc4cc(N)cnc4[nH]3)cc2c1. The van der Waals surface area contributed by atoms with Crippen molar-refractivity contribution in [3.8, 4) is 5.75 Å². The fraction of sp³-hybridized carbons (Fsp3) is 0.130. The molecule has 1 aromatic carbocycles. The average Bonchev–Trinajstić information content (AvgIpc) is 3.33. The highest BCUT2D eigenvalue weighted by atomic mass is 16.5. The van der Waals surface area contributed by atoms with E-state index >= 15 is 0 Å². The number of nitrogen functional groups attached to an aromatic ring is 1. The van der Waals surface area contributed by atoms with Gasteiger partial charge in [-0.3, -0.25) is 4.79 Å². The number of anilines is 1. The molecule has 3 heterocycles. The number of fused-ring (bicyclic) bond motifs is 2. The number of aromatic nitrogens is 3. The lowest BCUT2D eigenvalue weighted by Crippen LogP contribution is -2.01. The summed E-state index contributed by atoms with van der Waals surface area (Å²) in [5.41, 5.74) is 8.82. The fourth-order valence-electron chi connectivity index (χ4n) is 3.15. The Kier molecular flexibility index (Phi) is 5.16. The van der Waals surface area contributed by atoms with Crippen LogP contribution >= 0.6 is 0 Å². The lowest BCUT2D eigenvalue weighted by molar-refractivity contribution is 0.103. The number of hydrogen-bond donors (Lipinski definition) is 3. The Morgan fingerprint density at radius 1 is 1.10 bits per heavy atom. The first kappa shape index (κ1) is 18.6. The molecule has 6 nitrogen and oxygen atoms in total. The van der Waals surface area contributed by atoms with Gasteiger partial charge >= 0.3 is 0 Å². The van der Waals surface area contributed by atoms with Crippen molar-refractivity contribution in [1.29, 1.82) is 0 Å². The van der Waals surface area contributed by atoms with Crippen LogP contribution < -0.4 is 10.5 Å². The number of nitrogens with two attached hydrogens (primary N) is 1. The van der Waals surface area contributed by atoms with E-state index in [9.17, 15) is 4.79 Å². The van der Waals surface area contributed by atoms with E-state index in [0.717, 1.165) is 28.5 Å². The third-order valence-corrected chi connectivity index (χ3v) is 4.57. The van der Waals surface area contributed by atoms with E-state index in [0.29, 0.717) is 29.3 Å². The summed E-state index contributed by atoms with van der Waals surface area (Å²) in [5, 5.41) is 1.73. The second-order valence-corrected chi connectivity index (χ2v) is 6.74. The van der Waals surface area contributed by atoms with Crippen molar-refractivity contribution in [3.05, 3.63) is 78.3 Å². The Morgan fingerprint density at radius 3 is 2.79 bits per heavy atom. The number of ether oxygens (including phenoxy) is 1. The van der Waals surface area contributed by atoms with Crippen LogP contribution in [0.4, 0.5) is 5.69 Å². The number of benzene rings is 1. The Labute approximate surface area is 168 Å². The minimum atomic E-state index is -0.130. The van der Waals surface area contributed by atoms with Crippen molar-refractivity contribution in [2.24, 2.45) is 0 Å². The van der Waals surface area contributed by atoms with E-state index in [4.69, 9.17) is 10.5 Å². The van der Waals surface area contributed by atoms with Crippen LogP contribution in [0.1, 0.15) is 29.5 Å². The Morgan fingerprint density at radius 2 is 1.93 bits per heavy atom. The highest BCUT2D eigenvalue weighted by Crippen LogP contribution is 2.24. The van der Waals surface area contributed by atoms with Gasteiger partial charge in [0, 0.05) is 16.3 Å². The van der Waals surface area contributed by atoms with Crippen LogP contribution in [0.3, 0.4) is 0 Å². The van der Waals surface area contributed by atoms with Crippen LogP contribution in [0.25, 0.3) is 21.9 Å². The number of nitrogens with one attached hydrogen (secondary N) is 2. The van der Waals surface area contributed by atoms with Gasteiger partial charge in [-0.1, -0.05) is 24.3 Å². The van der Waals surface area contributed by atoms with Gasteiger partial charge in [0.25, 0.3) is 0 Å². The second kappa shape index (κ2) is 8.06. The van der Waals surface area contributed by atoms with Gasteiger partial charge < -0.3 is 20.4 Å². The molecule has 4 N–H and O–H groups in total. The topological polar surface area (TPSA) is 96.8 Å². The van der Waals surface area contributed by atoms with E-state index in [1.165, 1.54) is 0 Å². The lowest BCUT2D eigenvalue weighted by Gasteiger charge is -2.04. The molecule has 0 bridgehead atoms. The summed E-state index contributed by atoms with van der Waals surface area (Å²) in [4.78, 5) is 23.3. The predicted octanol–water partition coefficient (Wildman–Crippen LogP) is 4.76. The average molecular weight is 386 g/mol. The number of carbonyl (C=O) groups is 1. The largest absolute Gasteiger partial charge is 0.493 e. The maximum Gasteiger partial charge on any atom is 0.225 e. The highest BCUT2D eigenvalue weighted by Gasteiger charge is 2.15. The molecule has 0 aliphatic rings. The molecule has 146 valence electrons. The van der Waals surface area contributed by atoms with Gasteiger partial charge in [-0.05, 0) is 49.7 Å². The molecule has 0 unspecified atom stereocenters. The zero-order valence-electron chi connectivity index (χ0n) is 16.1. The third-order valence-electron chi connectivity index (χ3n) is 4.57. The summed E-state index contributed by atoms with van der Waals surface area (Å²) in [6, 6.07) is 11.2. The number of rotatable bonds is 7. The van der Waals surface area contributed by atoms with E-state index < -0.39 is 0 Å². The van der Waals surface area contributed by atoms with Gasteiger partial charge in [-0.2, -0.15) is 0 Å². The van der Waals surface area contributed by atoms with E-state index in [1.54, 1.807) is 18.3 Å². The maximum absolute atomic E-state index is 12.9. The molecule has 0 fully saturated rings. The van der Waals surface area contributed by atoms with Crippen molar-refractivity contribution >= 4 is 33.4 Å². The smallest absolute Gasteiger partial charge is 0.225 e. The molecule has 3 aromatic heterocycles. The maximum atomic E-state index is 12.9. The monoisotopic (exact) mass is 386 g/mol. The lowest BCUT2D eigenvalue weighted by atomic mass is 10.2. The summed E-state index contributed by atoms with van der Waals surface area (Å²) in [7, 11) is 0. The minimum Gasteiger partial charge on any atom is -0.493 e. The normalized spacial score (nSPS) is 11.9. The molecule has 4 aromatic rings. The first-order valence-corrected chi connectivity index (χ1v) is 9.46. The number of ketones is 1. The number of pyridine rings is 1. The van der Waals surface area contributed by atoms with Crippen molar-refractivity contribution in [2.45, 2.75) is 13.3 Å². The Balaban J connectivity index is 1.51. The quantitative estimate of drug-likeness (QED) is 0.242. The molecular weight excluding hydrogens is 364 g/mol. The van der Waals surface area contributed by atoms with Crippen molar-refractivity contribution in [1.82, 2.24) is 15.0 Å². The summed E-state index contributed by atoms with van der Waals surface area (Å²) < 4.78 is 5.80. The fourth-order valence-corrected chi connectivity index (χ4v) is 3.15. The molecule has 4 rings (SSSR count). The van der Waals surface area contributed by atoms with Crippen LogP contribution in [0, 0.1) is 0 Å². The number of nitrogens with zero attached hydrogens (tertiary/aromatic N) is 1. The molecule has 0 spiro atoms. The van der Waals surface area contributed by atoms with Crippen LogP contribution in [0.2, 0.25) is 0 Å². The van der Waals surface area contributed by atoms with Gasteiger partial charge in [-0.25, -0.2) is 4.98 Å². The van der Waals surface area contributed by atoms with Crippen molar-refractivity contribution in [2.75, 3.05) is 12.3 Å². The molecule has 6 heteroatoms. The Hall–Kier alpha value is -3.80. The van der Waals surface area contributed by atoms with Crippen molar-refractivity contribution in [3.63, 3.8) is 0 Å². The van der Waals surface area contributed by atoms with E-state index in [1.807, 2.05) is 49.4 Å². The summed E-state index contributed by atoms with van der Waals surface area (Å²) in [6.45, 7) is 2.58. The van der Waals surface area contributed by atoms with Crippen LogP contribution in [0.5, 0.6) is 5.75 Å². The first-order valence-electron chi connectivity index (χ1n) is 9.46. The highest BCUT2D eigenvalue weighted by molar-refractivity contribution is 6.11. The number of H-pyrrole nitrogens is 2. The zero-order valence-corrected chi connectivity index (χ0v) is 16.1. The standard InChI is InChI=1S/C23H22N4O2/c1-2-3-4-5-6-9-29-18-7-8-19-15(11-18)12-20(26-19)22(28)21-13-16-10-17(24)14-25-23(16)27-21/h2-5,7-8,10-14,26H,6,9,24H2,1H3,(H,25,27)/b3-2-,5-4-. The molecule has 0 aliphatic heterocycles. The molecule has 0 amide bonds. The van der Waals surface area contributed by atoms with E-state index in [2.05, 4.69) is 21.0 Å². The van der Waals surface area contributed by atoms with Crippen LogP contribution in [-0.4, -0.2) is 27.3 Å². The van der Waals surface area contributed by atoms with Crippen LogP contribution in [0.15, 0.2) is 66.9 Å². The molecule has 0 saturated carbocycles. The Bertz CT molecular complexity index is 1230. The van der Waals surface area contributed by atoms with Gasteiger partial charge in [0.05, 0.1) is 29.9 Å². The second-order valence-electron chi connectivity index (χ2n) is 6.74. The number of hydrogen-bond acceptors (Lipinski definition) is 4. The number of carbonyl (C=O) groups excluding carboxylic acids is 1. The van der Waals surface area contributed by atoms with Gasteiger partial charge in [-0.15, -0.1) is 0 Å². The zero-order chi connectivity index (χ0) is 20.2. The van der Waals surface area contributed by atoms with Gasteiger partial charge in [0.2, 0.25) is 5.78 Å². The molecule has 0 radical (unpaired) electrons. The first-order chi connectivity index (χ1) is 14.1. The predicted molar refractivity (Wildman–Crippen MR) is 116 cm³/mol. The van der Waals surface area contributed by atoms with Gasteiger partial charge in [0.1, 0.15) is 11.4 Å². The van der Waals surface area contributed by atoms with Gasteiger partial charge in [0.15, 0.2) is 0 Å². The molecular formula is C23H22N4O2. The molecule has 29 heavy (non-hydrogen) atoms. The number of aromatic amines is 2. The minimum absolute atomic E-state index is 0.130. The third kappa shape index (κ3) is 4.06. The summed E-state index contributed by atoms with van der Waals surface area (Å²) >= 11 is 0. The van der Waals surface area contributed by atoms with Crippen LogP contribution in [-0.2, 0) is 0 Å².